The van der Waals surface area contributed by atoms with E-state index in [-0.39, 0.29) is 12.5 Å². The monoisotopic (exact) mass is 259 g/mol. The van der Waals surface area contributed by atoms with E-state index in [1.165, 1.54) is 4.90 Å². The third-order valence-electron chi connectivity index (χ3n) is 2.38. The van der Waals surface area contributed by atoms with Gasteiger partial charge < -0.3 is 20.6 Å². The van der Waals surface area contributed by atoms with Gasteiger partial charge in [-0.05, 0) is 20.3 Å². The Hall–Kier alpha value is -1.79. The fourth-order valence-corrected chi connectivity index (χ4v) is 1.33. The van der Waals surface area contributed by atoms with Crippen LogP contribution in [0.15, 0.2) is 0 Å². The summed E-state index contributed by atoms with van der Waals surface area (Å²) in [6, 6.07) is -1.47. The predicted molar refractivity (Wildman–Crippen MR) is 66.2 cm³/mol. The molecule has 104 valence electrons. The van der Waals surface area contributed by atoms with Crippen LogP contribution in [-0.4, -0.2) is 53.6 Å². The minimum absolute atomic E-state index is 0.0772. The van der Waals surface area contributed by atoms with Crippen molar-refractivity contribution in [2.75, 3.05) is 19.6 Å². The lowest BCUT2D eigenvalue weighted by Gasteiger charge is -2.22. The van der Waals surface area contributed by atoms with Gasteiger partial charge in [0.05, 0.1) is 0 Å². The Morgan fingerprint density at radius 3 is 2.22 bits per heavy atom. The molecule has 0 aliphatic carbocycles. The first-order chi connectivity index (χ1) is 8.46. The van der Waals surface area contributed by atoms with Crippen molar-refractivity contribution >= 4 is 17.9 Å². The zero-order valence-electron chi connectivity index (χ0n) is 11.0. The van der Waals surface area contributed by atoms with Gasteiger partial charge in [-0.15, -0.1) is 0 Å². The van der Waals surface area contributed by atoms with Gasteiger partial charge in [-0.1, -0.05) is 6.92 Å². The number of carbonyl (C=O) groups excluding carboxylic acids is 2. The Morgan fingerprint density at radius 1 is 1.22 bits per heavy atom. The first kappa shape index (κ1) is 16.2. The summed E-state index contributed by atoms with van der Waals surface area (Å²) >= 11 is 0. The summed E-state index contributed by atoms with van der Waals surface area (Å²) in [5.74, 6) is -1.35. The minimum Gasteiger partial charge on any atom is -0.480 e. The van der Waals surface area contributed by atoms with E-state index in [9.17, 15) is 14.4 Å². The number of hydrogen-bond donors (Lipinski definition) is 3. The number of nitrogens with one attached hydrogen (secondary N) is 2. The summed E-state index contributed by atoms with van der Waals surface area (Å²) in [6.45, 7) is 5.92. The van der Waals surface area contributed by atoms with Crippen molar-refractivity contribution in [2.45, 2.75) is 33.2 Å². The lowest BCUT2D eigenvalue weighted by Crippen LogP contribution is -2.50. The molecule has 0 unspecified atom stereocenters. The molecule has 0 bridgehead atoms. The third-order valence-corrected chi connectivity index (χ3v) is 2.38. The fraction of sp³-hybridized carbons (Fsp3) is 0.727. The number of amides is 3. The number of likely N-dealkylation sites (N-methyl/N-ethyl adjacent to an activating group) is 2. The van der Waals surface area contributed by atoms with E-state index in [0.717, 1.165) is 0 Å². The molecule has 0 radical (unpaired) electrons. The van der Waals surface area contributed by atoms with E-state index in [0.29, 0.717) is 19.5 Å². The molecule has 0 aromatic carbocycles. The number of carboxylic acid groups (broad SMARTS) is 1. The second-order valence-electron chi connectivity index (χ2n) is 3.72. The summed E-state index contributed by atoms with van der Waals surface area (Å²) in [5, 5.41) is 13.8. The minimum atomic E-state index is -1.08. The molecule has 0 saturated heterocycles. The summed E-state index contributed by atoms with van der Waals surface area (Å²) in [5.41, 5.74) is 0. The summed E-state index contributed by atoms with van der Waals surface area (Å²) in [7, 11) is 0. The van der Waals surface area contributed by atoms with Crippen molar-refractivity contribution in [1.82, 2.24) is 15.5 Å². The van der Waals surface area contributed by atoms with Crippen molar-refractivity contribution < 1.29 is 19.5 Å². The van der Waals surface area contributed by atoms with E-state index < -0.39 is 18.0 Å². The molecule has 7 heteroatoms. The standard InChI is InChI=1S/C11H21N3O4/c1-4-8(10(16)17)13-11(18)14(6-3)7-9(15)12-5-2/h8H,4-7H2,1-3H3,(H,12,15)(H,13,18)(H,16,17)/t8-/m1/s1. The van der Waals surface area contributed by atoms with Crippen LogP contribution in [0.3, 0.4) is 0 Å². The summed E-state index contributed by atoms with van der Waals surface area (Å²) in [6.07, 6.45) is 0.291. The molecule has 0 spiro atoms. The fourth-order valence-electron chi connectivity index (χ4n) is 1.33. The molecule has 0 aromatic heterocycles. The highest BCUT2D eigenvalue weighted by Crippen LogP contribution is 1.95. The topological polar surface area (TPSA) is 98.7 Å². The smallest absolute Gasteiger partial charge is 0.326 e. The van der Waals surface area contributed by atoms with Gasteiger partial charge >= 0.3 is 12.0 Å². The van der Waals surface area contributed by atoms with E-state index in [1.807, 2.05) is 0 Å². The molecule has 3 amide bonds. The second-order valence-corrected chi connectivity index (χ2v) is 3.72. The first-order valence-electron chi connectivity index (χ1n) is 6.01. The molecule has 0 aliphatic rings. The quantitative estimate of drug-likeness (QED) is 0.600. The lowest BCUT2D eigenvalue weighted by molar-refractivity contribution is -0.139. The number of aliphatic carboxylic acids is 1. The Bertz CT molecular complexity index is 307. The van der Waals surface area contributed by atoms with Crippen LogP contribution in [0.2, 0.25) is 0 Å². The molecule has 0 fully saturated rings. The maximum absolute atomic E-state index is 11.8. The van der Waals surface area contributed by atoms with Gasteiger partial charge in [0, 0.05) is 13.1 Å². The SMILES string of the molecule is CCNC(=O)CN(CC)C(=O)N[C@H](CC)C(=O)O. The molecule has 0 heterocycles. The molecule has 1 atom stereocenters. The normalized spacial score (nSPS) is 11.5. The van der Waals surface area contributed by atoms with Crippen molar-refractivity contribution in [1.29, 1.82) is 0 Å². The number of carbonyl (C=O) groups is 3. The van der Waals surface area contributed by atoms with Gasteiger partial charge in [0.2, 0.25) is 5.91 Å². The van der Waals surface area contributed by atoms with E-state index >= 15 is 0 Å². The number of hydrogen-bond acceptors (Lipinski definition) is 3. The molecular formula is C11H21N3O4. The highest BCUT2D eigenvalue weighted by molar-refractivity contribution is 5.86. The molecule has 0 aliphatic heterocycles. The van der Waals surface area contributed by atoms with Crippen molar-refractivity contribution in [3.63, 3.8) is 0 Å². The van der Waals surface area contributed by atoms with Crippen LogP contribution >= 0.6 is 0 Å². The van der Waals surface area contributed by atoms with Gasteiger partial charge in [-0.2, -0.15) is 0 Å². The average molecular weight is 259 g/mol. The molecule has 0 aromatic rings. The number of rotatable bonds is 7. The Balaban J connectivity index is 4.42. The molecule has 3 N–H and O–H groups in total. The van der Waals surface area contributed by atoms with Crippen LogP contribution in [0.4, 0.5) is 4.79 Å². The Morgan fingerprint density at radius 2 is 1.83 bits per heavy atom. The largest absolute Gasteiger partial charge is 0.480 e. The number of nitrogens with zero attached hydrogens (tertiary/aromatic N) is 1. The van der Waals surface area contributed by atoms with Crippen LogP contribution < -0.4 is 10.6 Å². The highest BCUT2D eigenvalue weighted by Gasteiger charge is 2.21. The zero-order valence-corrected chi connectivity index (χ0v) is 11.0. The summed E-state index contributed by atoms with van der Waals surface area (Å²) in [4.78, 5) is 35.2. The molecule has 0 rings (SSSR count). The van der Waals surface area contributed by atoms with Crippen LogP contribution in [0.1, 0.15) is 27.2 Å². The van der Waals surface area contributed by atoms with Crippen molar-refractivity contribution in [3.05, 3.63) is 0 Å². The molecule has 18 heavy (non-hydrogen) atoms. The molecular weight excluding hydrogens is 238 g/mol. The van der Waals surface area contributed by atoms with Crippen molar-refractivity contribution in [3.8, 4) is 0 Å². The van der Waals surface area contributed by atoms with E-state index in [1.54, 1.807) is 20.8 Å². The Kier molecular flexibility index (Phi) is 7.50. The van der Waals surface area contributed by atoms with Crippen LogP contribution in [0.5, 0.6) is 0 Å². The highest BCUT2D eigenvalue weighted by atomic mass is 16.4. The van der Waals surface area contributed by atoms with E-state index in [2.05, 4.69) is 10.6 Å². The first-order valence-corrected chi connectivity index (χ1v) is 6.01. The number of urea groups is 1. The second kappa shape index (κ2) is 8.32. The van der Waals surface area contributed by atoms with Crippen molar-refractivity contribution in [2.24, 2.45) is 0 Å². The van der Waals surface area contributed by atoms with Crippen LogP contribution in [0.25, 0.3) is 0 Å². The zero-order chi connectivity index (χ0) is 14.1. The maximum atomic E-state index is 11.8. The van der Waals surface area contributed by atoms with E-state index in [4.69, 9.17) is 5.11 Å². The third kappa shape index (κ3) is 5.51. The molecule has 0 saturated carbocycles. The van der Waals surface area contributed by atoms with Gasteiger partial charge in [0.25, 0.3) is 0 Å². The molecule has 7 nitrogen and oxygen atoms in total. The maximum Gasteiger partial charge on any atom is 0.326 e. The van der Waals surface area contributed by atoms with Gasteiger partial charge in [-0.3, -0.25) is 4.79 Å². The van der Waals surface area contributed by atoms with Crippen LogP contribution in [0, 0.1) is 0 Å². The Labute approximate surface area is 107 Å². The van der Waals surface area contributed by atoms with Crippen LogP contribution in [-0.2, 0) is 9.59 Å². The number of carboxylic acids is 1. The lowest BCUT2D eigenvalue weighted by atomic mass is 10.2. The van der Waals surface area contributed by atoms with Gasteiger partial charge in [0.15, 0.2) is 0 Å². The summed E-state index contributed by atoms with van der Waals surface area (Å²) < 4.78 is 0. The van der Waals surface area contributed by atoms with Gasteiger partial charge in [-0.25, -0.2) is 9.59 Å². The van der Waals surface area contributed by atoms with Gasteiger partial charge in [0.1, 0.15) is 12.6 Å². The average Bonchev–Trinajstić information content (AvgIpc) is 2.32. The predicted octanol–water partition coefficient (Wildman–Crippen LogP) is 0.0172.